The second-order valence-electron chi connectivity index (χ2n) is 6.12. The largest absolute Gasteiger partial charge is 0.491 e. The third kappa shape index (κ3) is 4.71. The molecule has 0 aliphatic carbocycles. The molecule has 1 aromatic carbocycles. The van der Waals surface area contributed by atoms with E-state index < -0.39 is 0 Å². The third-order valence-corrected chi connectivity index (χ3v) is 4.34. The molecule has 6 heteroatoms. The molecule has 1 aliphatic heterocycles. The molecule has 3 rings (SSSR count). The average Bonchev–Trinajstić information content (AvgIpc) is 3.03. The number of ether oxygens (including phenoxy) is 1. The highest BCUT2D eigenvalue weighted by molar-refractivity contribution is 14.0. The number of rotatable bonds is 6. The minimum absolute atomic E-state index is 0. The molecule has 0 bridgehead atoms. The van der Waals surface area contributed by atoms with E-state index in [4.69, 9.17) is 10.00 Å². The molecule has 0 saturated carbocycles. The van der Waals surface area contributed by atoms with Crippen molar-refractivity contribution in [3.05, 3.63) is 48.0 Å². The molecule has 2 aromatic rings. The van der Waals surface area contributed by atoms with Crippen LogP contribution in [-0.4, -0.2) is 41.2 Å². The van der Waals surface area contributed by atoms with E-state index in [1.54, 1.807) is 6.07 Å². The lowest BCUT2D eigenvalue weighted by molar-refractivity contribution is 0.195. The first-order chi connectivity index (χ1) is 11.3. The number of aryl methyl sites for hydroxylation is 1. The number of nitriles is 1. The molecule has 1 unspecified atom stereocenters. The van der Waals surface area contributed by atoms with Gasteiger partial charge < -0.3 is 14.2 Å². The van der Waals surface area contributed by atoms with Crippen molar-refractivity contribution in [3.8, 4) is 11.8 Å². The molecular weight excluding hydrogens is 415 g/mol. The molecule has 0 N–H and O–H groups in total. The molecule has 5 nitrogen and oxygen atoms in total. The zero-order chi connectivity index (χ0) is 16.1. The number of imidazole rings is 1. The van der Waals surface area contributed by atoms with E-state index in [1.807, 2.05) is 24.4 Å². The van der Waals surface area contributed by atoms with Crippen molar-refractivity contribution in [1.29, 1.82) is 5.26 Å². The van der Waals surface area contributed by atoms with Crippen LogP contribution in [0.5, 0.6) is 5.75 Å². The Morgan fingerprint density at radius 2 is 2.25 bits per heavy atom. The molecule has 0 amide bonds. The number of nitrogens with zero attached hydrogens (tertiary/aromatic N) is 4. The highest BCUT2D eigenvalue weighted by Gasteiger charge is 2.19. The normalized spacial score (nSPS) is 16.1. The summed E-state index contributed by atoms with van der Waals surface area (Å²) in [4.78, 5) is 6.68. The van der Waals surface area contributed by atoms with Crippen LogP contribution in [0.3, 0.4) is 0 Å². The molecule has 0 spiro atoms. The van der Waals surface area contributed by atoms with E-state index in [-0.39, 0.29) is 24.0 Å². The Balaban J connectivity index is 0.00000208. The van der Waals surface area contributed by atoms with Gasteiger partial charge in [-0.3, -0.25) is 0 Å². The Hall–Kier alpha value is -1.59. The maximum absolute atomic E-state index is 9.06. The monoisotopic (exact) mass is 438 g/mol. The number of aromatic nitrogens is 2. The summed E-state index contributed by atoms with van der Waals surface area (Å²) in [6.07, 6.45) is 6.22. The number of hydrogen-bond acceptors (Lipinski definition) is 4. The summed E-state index contributed by atoms with van der Waals surface area (Å²) in [6.45, 7) is 3.56. The van der Waals surface area contributed by atoms with Crippen LogP contribution in [0.15, 0.2) is 36.7 Å². The molecule has 24 heavy (non-hydrogen) atoms. The summed E-state index contributed by atoms with van der Waals surface area (Å²) in [6, 6.07) is 9.53. The maximum atomic E-state index is 9.06. The van der Waals surface area contributed by atoms with E-state index >= 15 is 0 Å². The van der Waals surface area contributed by atoms with Gasteiger partial charge in [-0.15, -0.1) is 24.0 Å². The van der Waals surface area contributed by atoms with Crippen molar-refractivity contribution in [2.24, 2.45) is 5.92 Å². The van der Waals surface area contributed by atoms with Crippen molar-refractivity contribution in [2.75, 3.05) is 26.7 Å². The predicted octanol–water partition coefficient (Wildman–Crippen LogP) is 2.95. The van der Waals surface area contributed by atoms with E-state index in [0.717, 1.165) is 26.1 Å². The van der Waals surface area contributed by atoms with Crippen LogP contribution in [0.2, 0.25) is 0 Å². The molecule has 128 valence electrons. The van der Waals surface area contributed by atoms with Gasteiger partial charge in [-0.1, -0.05) is 12.1 Å². The first-order valence-electron chi connectivity index (χ1n) is 8.06. The van der Waals surface area contributed by atoms with Gasteiger partial charge in [0.15, 0.2) is 0 Å². The van der Waals surface area contributed by atoms with Crippen molar-refractivity contribution in [2.45, 2.75) is 19.4 Å². The summed E-state index contributed by atoms with van der Waals surface area (Å²) >= 11 is 0. The number of para-hydroxylation sites is 1. The van der Waals surface area contributed by atoms with Crippen LogP contribution in [0, 0.1) is 17.2 Å². The van der Waals surface area contributed by atoms with Crippen molar-refractivity contribution >= 4 is 24.0 Å². The van der Waals surface area contributed by atoms with Gasteiger partial charge in [-0.2, -0.15) is 5.26 Å². The fourth-order valence-corrected chi connectivity index (χ4v) is 3.11. The Morgan fingerprint density at radius 3 is 3.08 bits per heavy atom. The fourth-order valence-electron chi connectivity index (χ4n) is 3.11. The summed E-state index contributed by atoms with van der Waals surface area (Å²) in [5, 5.41) is 9.06. The molecule has 1 aliphatic rings. The van der Waals surface area contributed by atoms with Crippen LogP contribution in [0.1, 0.15) is 17.8 Å². The second kappa shape index (κ2) is 9.04. The number of fused-ring (bicyclic) bond motifs is 1. The lowest BCUT2D eigenvalue weighted by Crippen LogP contribution is -2.33. The minimum atomic E-state index is 0. The summed E-state index contributed by atoms with van der Waals surface area (Å²) in [7, 11) is 2.13. The molecule has 0 saturated heterocycles. The average molecular weight is 438 g/mol. The second-order valence-corrected chi connectivity index (χ2v) is 6.12. The summed E-state index contributed by atoms with van der Waals surface area (Å²) in [5.41, 5.74) is 0.593. The Morgan fingerprint density at radius 1 is 1.42 bits per heavy atom. The summed E-state index contributed by atoms with van der Waals surface area (Å²) in [5.74, 6) is 2.54. The maximum Gasteiger partial charge on any atom is 0.137 e. The molecule has 0 fully saturated rings. The van der Waals surface area contributed by atoms with Crippen LogP contribution in [-0.2, 0) is 13.0 Å². The first-order valence-corrected chi connectivity index (χ1v) is 8.06. The number of benzene rings is 1. The first kappa shape index (κ1) is 18.7. The molecule has 0 radical (unpaired) electrons. The predicted molar refractivity (Wildman–Crippen MR) is 104 cm³/mol. The van der Waals surface area contributed by atoms with E-state index in [0.29, 0.717) is 23.8 Å². The van der Waals surface area contributed by atoms with E-state index in [2.05, 4.69) is 33.8 Å². The van der Waals surface area contributed by atoms with Crippen molar-refractivity contribution in [1.82, 2.24) is 14.5 Å². The lowest BCUT2D eigenvalue weighted by atomic mass is 9.99. The standard InChI is InChI=1S/C18H22N4O.HI/c1-21(10-11-23-17-5-3-2-4-16(17)12-19)13-15-6-7-18-20-8-9-22(18)14-15;/h2-5,8-9,15H,6-7,10-11,13-14H2,1H3;1H. The van der Waals surface area contributed by atoms with Crippen LogP contribution < -0.4 is 4.74 Å². The highest BCUT2D eigenvalue weighted by Crippen LogP contribution is 2.20. The van der Waals surface area contributed by atoms with Gasteiger partial charge in [0.25, 0.3) is 0 Å². The molecular formula is C18H23IN4O. The quantitative estimate of drug-likeness (QED) is 0.651. The van der Waals surface area contributed by atoms with Crippen molar-refractivity contribution < 1.29 is 4.74 Å². The lowest BCUT2D eigenvalue weighted by Gasteiger charge is -2.28. The Bertz CT molecular complexity index is 694. The van der Waals surface area contributed by atoms with Crippen molar-refractivity contribution in [3.63, 3.8) is 0 Å². The topological polar surface area (TPSA) is 54.1 Å². The minimum Gasteiger partial charge on any atom is -0.491 e. The van der Waals surface area contributed by atoms with Gasteiger partial charge in [0.05, 0.1) is 5.56 Å². The van der Waals surface area contributed by atoms with Gasteiger partial charge >= 0.3 is 0 Å². The zero-order valence-corrected chi connectivity index (χ0v) is 16.2. The van der Waals surface area contributed by atoms with Crippen LogP contribution >= 0.6 is 24.0 Å². The van der Waals surface area contributed by atoms with Gasteiger partial charge in [-0.25, -0.2) is 4.98 Å². The Kier molecular flexibility index (Phi) is 7.06. The van der Waals surface area contributed by atoms with Gasteiger partial charge in [0.1, 0.15) is 24.3 Å². The highest BCUT2D eigenvalue weighted by atomic mass is 127. The number of halogens is 1. The zero-order valence-electron chi connectivity index (χ0n) is 13.9. The third-order valence-electron chi connectivity index (χ3n) is 4.34. The SMILES string of the molecule is CN(CCOc1ccccc1C#N)CC1CCc2nccn2C1.I. The van der Waals surface area contributed by atoms with Crippen LogP contribution in [0.25, 0.3) is 0 Å². The van der Waals surface area contributed by atoms with E-state index in [9.17, 15) is 0 Å². The van der Waals surface area contributed by atoms with Gasteiger partial charge in [0, 0.05) is 38.4 Å². The smallest absolute Gasteiger partial charge is 0.137 e. The number of hydrogen-bond donors (Lipinski definition) is 0. The summed E-state index contributed by atoms with van der Waals surface area (Å²) < 4.78 is 8.02. The van der Waals surface area contributed by atoms with Crippen LogP contribution in [0.4, 0.5) is 0 Å². The number of likely N-dealkylation sites (N-methyl/N-ethyl adjacent to an activating group) is 1. The van der Waals surface area contributed by atoms with Gasteiger partial charge in [0.2, 0.25) is 0 Å². The Labute approximate surface area is 160 Å². The molecule has 2 heterocycles. The molecule has 1 aromatic heterocycles. The van der Waals surface area contributed by atoms with E-state index in [1.165, 1.54) is 12.2 Å². The van der Waals surface area contributed by atoms with Gasteiger partial charge in [-0.05, 0) is 31.5 Å². The fraction of sp³-hybridized carbons (Fsp3) is 0.444. The molecule has 1 atom stereocenters.